The number of ether oxygens (including phenoxy) is 1. The molecule has 1 unspecified atom stereocenters. The number of carbonyl (C=O) groups excluding carboxylic acids is 2. The average Bonchev–Trinajstić information content (AvgIpc) is 2.81. The Hall–Kier alpha value is -3.16. The van der Waals surface area contributed by atoms with Crippen LogP contribution in [0.15, 0.2) is 35.1 Å². The van der Waals surface area contributed by atoms with Crippen LogP contribution in [-0.4, -0.2) is 63.4 Å². The fourth-order valence-electron chi connectivity index (χ4n) is 4.95. The van der Waals surface area contributed by atoms with Gasteiger partial charge in [-0.05, 0) is 76.1 Å². The molecule has 1 fully saturated rings. The highest BCUT2D eigenvalue weighted by Crippen LogP contribution is 2.23. The van der Waals surface area contributed by atoms with Gasteiger partial charge in [-0.1, -0.05) is 12.1 Å². The van der Waals surface area contributed by atoms with Gasteiger partial charge in [0.05, 0.1) is 13.2 Å². The van der Waals surface area contributed by atoms with Gasteiger partial charge in [0.15, 0.2) is 0 Å². The van der Waals surface area contributed by atoms with Gasteiger partial charge in [0, 0.05) is 30.5 Å². The van der Waals surface area contributed by atoms with Crippen molar-refractivity contribution in [2.45, 2.75) is 65.0 Å². The average molecular weight is 467 g/mol. The zero-order chi connectivity index (χ0) is 24.1. The normalized spacial score (nSPS) is 19.7. The number of amides is 2. The molecule has 182 valence electrons. The second kappa shape index (κ2) is 10.8. The van der Waals surface area contributed by atoms with Crippen molar-refractivity contribution in [1.29, 1.82) is 0 Å². The molecule has 2 aliphatic rings. The second-order valence-electron chi connectivity index (χ2n) is 9.35. The molecule has 0 aliphatic carbocycles. The van der Waals surface area contributed by atoms with Crippen molar-refractivity contribution in [1.82, 2.24) is 19.4 Å². The number of piperidine rings is 1. The van der Waals surface area contributed by atoms with Crippen molar-refractivity contribution in [3.8, 4) is 5.75 Å². The largest absolute Gasteiger partial charge is 0.494 e. The maximum absolute atomic E-state index is 13.4. The van der Waals surface area contributed by atoms with E-state index in [1.54, 1.807) is 24.8 Å². The summed E-state index contributed by atoms with van der Waals surface area (Å²) in [5, 5.41) is 0. The van der Waals surface area contributed by atoms with E-state index in [4.69, 9.17) is 4.74 Å². The molecule has 2 aromatic rings. The zero-order valence-electron chi connectivity index (χ0n) is 20.2. The van der Waals surface area contributed by atoms with Gasteiger partial charge in [-0.25, -0.2) is 4.79 Å². The van der Waals surface area contributed by atoms with E-state index < -0.39 is 5.69 Å². The molecule has 0 spiro atoms. The first kappa shape index (κ1) is 24.0. The van der Waals surface area contributed by atoms with Crippen molar-refractivity contribution in [3.05, 3.63) is 57.8 Å². The van der Waals surface area contributed by atoms with Crippen LogP contribution in [0.4, 0.5) is 0 Å². The van der Waals surface area contributed by atoms with Gasteiger partial charge in [0.2, 0.25) is 11.8 Å². The molecule has 0 N–H and O–H groups in total. The first-order valence-electron chi connectivity index (χ1n) is 12.2. The maximum Gasteiger partial charge on any atom is 0.348 e. The number of fused-ring (bicyclic) bond motifs is 3. The summed E-state index contributed by atoms with van der Waals surface area (Å²) in [6, 6.07) is 10.1. The molecule has 0 radical (unpaired) electrons. The van der Waals surface area contributed by atoms with Crippen LogP contribution in [-0.2, 0) is 22.6 Å². The minimum Gasteiger partial charge on any atom is -0.494 e. The SMILES string of the molecule is Cc1cc(C)n(CC(=O)N2CCCOc3cccc(c3)CCC3CCCCN3C(=O)C2)c(=O)n1. The first-order valence-corrected chi connectivity index (χ1v) is 12.2. The lowest BCUT2D eigenvalue weighted by Crippen LogP contribution is -2.50. The van der Waals surface area contributed by atoms with E-state index in [0.717, 1.165) is 44.4 Å². The number of hydrogen-bond donors (Lipinski definition) is 0. The summed E-state index contributed by atoms with van der Waals surface area (Å²) < 4.78 is 7.30. The smallest absolute Gasteiger partial charge is 0.348 e. The van der Waals surface area contributed by atoms with Crippen LogP contribution in [0, 0.1) is 13.8 Å². The second-order valence-corrected chi connectivity index (χ2v) is 9.35. The van der Waals surface area contributed by atoms with E-state index in [1.807, 2.05) is 17.0 Å². The van der Waals surface area contributed by atoms with Crippen LogP contribution in [0.25, 0.3) is 0 Å². The summed E-state index contributed by atoms with van der Waals surface area (Å²) in [5.41, 5.74) is 2.08. The van der Waals surface area contributed by atoms with Crippen LogP contribution in [0.2, 0.25) is 0 Å². The topological polar surface area (TPSA) is 84.7 Å². The Labute approximate surface area is 200 Å². The molecular formula is C26H34N4O4. The summed E-state index contributed by atoms with van der Waals surface area (Å²) in [4.78, 5) is 46.5. The Morgan fingerprint density at radius 3 is 2.76 bits per heavy atom. The quantitative estimate of drug-likeness (QED) is 0.679. The van der Waals surface area contributed by atoms with Crippen LogP contribution >= 0.6 is 0 Å². The van der Waals surface area contributed by atoms with Gasteiger partial charge in [0.1, 0.15) is 12.3 Å². The highest BCUT2D eigenvalue weighted by atomic mass is 16.5. The van der Waals surface area contributed by atoms with Crippen molar-refractivity contribution >= 4 is 11.8 Å². The number of nitrogens with zero attached hydrogens (tertiary/aromatic N) is 4. The summed E-state index contributed by atoms with van der Waals surface area (Å²) in [7, 11) is 0. The predicted molar refractivity (Wildman–Crippen MR) is 129 cm³/mol. The fourth-order valence-corrected chi connectivity index (χ4v) is 4.95. The number of rotatable bonds is 2. The lowest BCUT2D eigenvalue weighted by molar-refractivity contribution is -0.143. The number of benzene rings is 1. The highest BCUT2D eigenvalue weighted by Gasteiger charge is 2.29. The van der Waals surface area contributed by atoms with E-state index in [9.17, 15) is 14.4 Å². The van der Waals surface area contributed by atoms with Crippen molar-refractivity contribution in [2.24, 2.45) is 0 Å². The summed E-state index contributed by atoms with van der Waals surface area (Å²) in [6.07, 6.45) is 5.46. The third-order valence-corrected chi connectivity index (χ3v) is 6.77. The molecule has 1 saturated heterocycles. The van der Waals surface area contributed by atoms with Gasteiger partial charge in [-0.3, -0.25) is 14.2 Å². The van der Waals surface area contributed by atoms with E-state index >= 15 is 0 Å². The first-order chi connectivity index (χ1) is 16.4. The van der Waals surface area contributed by atoms with Crippen molar-refractivity contribution in [2.75, 3.05) is 26.2 Å². The Balaban J connectivity index is 1.55. The fraction of sp³-hybridized carbons (Fsp3) is 0.538. The van der Waals surface area contributed by atoms with Crippen LogP contribution in [0.5, 0.6) is 5.75 Å². The minimum absolute atomic E-state index is 0.0177. The molecule has 2 bridgehead atoms. The molecule has 1 aromatic heterocycles. The molecule has 8 nitrogen and oxygen atoms in total. The molecule has 1 aromatic carbocycles. The molecule has 8 heteroatoms. The lowest BCUT2D eigenvalue weighted by Gasteiger charge is -2.37. The van der Waals surface area contributed by atoms with Crippen LogP contribution in [0.3, 0.4) is 0 Å². The van der Waals surface area contributed by atoms with E-state index in [-0.39, 0.29) is 30.9 Å². The van der Waals surface area contributed by atoms with Gasteiger partial charge in [-0.2, -0.15) is 4.98 Å². The molecule has 1 atom stereocenters. The zero-order valence-corrected chi connectivity index (χ0v) is 20.2. The maximum atomic E-state index is 13.4. The molecule has 3 heterocycles. The Bertz CT molecular complexity index is 1100. The Kier molecular flexibility index (Phi) is 7.65. The van der Waals surface area contributed by atoms with Crippen molar-refractivity contribution in [3.63, 3.8) is 0 Å². The summed E-state index contributed by atoms with van der Waals surface area (Å²) >= 11 is 0. The molecule has 34 heavy (non-hydrogen) atoms. The standard InChI is InChI=1S/C26H34N4O4/c1-19-15-20(2)30(26(33)27-19)18-24(31)28-12-6-14-34-23-9-5-7-21(16-23)10-11-22-8-3-4-13-29(22)25(32)17-28/h5,7,9,15-16,22H,3-4,6,8,10-14,17-18H2,1-2H3. The highest BCUT2D eigenvalue weighted by molar-refractivity contribution is 5.85. The molecular weight excluding hydrogens is 432 g/mol. The van der Waals surface area contributed by atoms with Gasteiger partial charge < -0.3 is 14.5 Å². The van der Waals surface area contributed by atoms with Gasteiger partial charge in [-0.15, -0.1) is 0 Å². The summed E-state index contributed by atoms with van der Waals surface area (Å²) in [6.45, 7) is 5.00. The number of hydrogen-bond acceptors (Lipinski definition) is 5. The Morgan fingerprint density at radius 2 is 1.94 bits per heavy atom. The number of carbonyl (C=O) groups is 2. The minimum atomic E-state index is -0.446. The van der Waals surface area contributed by atoms with Crippen molar-refractivity contribution < 1.29 is 14.3 Å². The molecule has 4 rings (SSSR count). The molecule has 2 aliphatic heterocycles. The monoisotopic (exact) mass is 466 g/mol. The van der Waals surface area contributed by atoms with E-state index in [1.165, 1.54) is 10.1 Å². The third-order valence-electron chi connectivity index (χ3n) is 6.77. The molecule has 0 saturated carbocycles. The van der Waals surface area contributed by atoms with Crippen LogP contribution in [0.1, 0.15) is 49.1 Å². The number of aryl methyl sites for hydroxylation is 3. The Morgan fingerprint density at radius 1 is 1.09 bits per heavy atom. The summed E-state index contributed by atoms with van der Waals surface area (Å²) in [5.74, 6) is 0.555. The van der Waals surface area contributed by atoms with Crippen LogP contribution < -0.4 is 10.4 Å². The third kappa shape index (κ3) is 5.85. The van der Waals surface area contributed by atoms with E-state index in [2.05, 4.69) is 17.1 Å². The molecule has 2 amide bonds. The van der Waals surface area contributed by atoms with E-state index in [0.29, 0.717) is 31.0 Å². The lowest BCUT2D eigenvalue weighted by atomic mass is 9.95. The number of aromatic nitrogens is 2. The van der Waals surface area contributed by atoms with Gasteiger partial charge >= 0.3 is 5.69 Å². The van der Waals surface area contributed by atoms with Gasteiger partial charge in [0.25, 0.3) is 0 Å². The predicted octanol–water partition coefficient (Wildman–Crippen LogP) is 2.49.